The first-order valence-corrected chi connectivity index (χ1v) is 10.1. The van der Waals surface area contributed by atoms with Crippen molar-refractivity contribution in [1.82, 2.24) is 10.2 Å². The number of aliphatic hydroxyl groups excluding tert-OH is 1. The lowest BCUT2D eigenvalue weighted by atomic mass is 9.76. The lowest BCUT2D eigenvalue weighted by Gasteiger charge is -2.33. The summed E-state index contributed by atoms with van der Waals surface area (Å²) in [5, 5.41) is 14.0. The number of carbonyl (C=O) groups is 2. The van der Waals surface area contributed by atoms with E-state index < -0.39 is 17.7 Å². The van der Waals surface area contributed by atoms with Crippen LogP contribution >= 0.6 is 23.2 Å². The minimum absolute atomic E-state index is 0.123. The smallest absolute Gasteiger partial charge is 0.325 e. The van der Waals surface area contributed by atoms with Crippen LogP contribution in [-0.2, 0) is 16.8 Å². The van der Waals surface area contributed by atoms with E-state index in [4.69, 9.17) is 27.9 Å². The van der Waals surface area contributed by atoms with E-state index in [0.29, 0.717) is 22.2 Å². The van der Waals surface area contributed by atoms with Crippen LogP contribution in [0.4, 0.5) is 4.79 Å². The molecule has 1 heterocycles. The van der Waals surface area contributed by atoms with Crippen molar-refractivity contribution in [3.63, 3.8) is 0 Å². The monoisotopic (exact) mass is 434 g/mol. The molecular formula is C21H20Cl2N2O4. The fraction of sp³-hybridized carbons (Fsp3) is 0.333. The molecule has 0 unspecified atom stereocenters. The number of halogens is 2. The lowest BCUT2D eigenvalue weighted by molar-refractivity contribution is -0.133. The Hall–Kier alpha value is -2.28. The van der Waals surface area contributed by atoms with Gasteiger partial charge in [0.15, 0.2) is 0 Å². The molecule has 3 amide bonds. The third-order valence-corrected chi connectivity index (χ3v) is 5.90. The van der Waals surface area contributed by atoms with Gasteiger partial charge in [0.2, 0.25) is 0 Å². The molecule has 0 aromatic heterocycles. The van der Waals surface area contributed by atoms with Crippen LogP contribution in [-0.4, -0.2) is 41.2 Å². The second-order valence-electron chi connectivity index (χ2n) is 7.30. The van der Waals surface area contributed by atoms with Crippen LogP contribution in [0.5, 0.6) is 5.75 Å². The second kappa shape index (κ2) is 7.86. The van der Waals surface area contributed by atoms with Gasteiger partial charge >= 0.3 is 6.03 Å². The first-order valence-electron chi connectivity index (χ1n) is 9.39. The Kier molecular flexibility index (Phi) is 5.42. The van der Waals surface area contributed by atoms with E-state index in [1.54, 1.807) is 12.1 Å². The average molecular weight is 435 g/mol. The molecule has 2 aromatic rings. The summed E-state index contributed by atoms with van der Waals surface area (Å²) in [6, 6.07) is 11.9. The Bertz CT molecular complexity index is 967. The van der Waals surface area contributed by atoms with E-state index >= 15 is 0 Å². The maximum absolute atomic E-state index is 13.2. The van der Waals surface area contributed by atoms with Crippen molar-refractivity contribution >= 4 is 35.1 Å². The number of fused-ring (bicyclic) bond motifs is 2. The van der Waals surface area contributed by atoms with E-state index in [0.717, 1.165) is 28.9 Å². The number of carbonyl (C=O) groups excluding carboxylic acids is 2. The second-order valence-corrected chi connectivity index (χ2v) is 8.15. The largest absolute Gasteiger partial charge is 0.489 e. The predicted octanol–water partition coefficient (Wildman–Crippen LogP) is 3.52. The molecule has 0 radical (unpaired) electrons. The Morgan fingerprint density at radius 3 is 2.79 bits per heavy atom. The minimum atomic E-state index is -1.06. The third kappa shape index (κ3) is 3.68. The number of urea groups is 1. The van der Waals surface area contributed by atoms with Crippen molar-refractivity contribution < 1.29 is 19.4 Å². The number of nitrogens with zero attached hydrogens (tertiary/aromatic N) is 1. The maximum Gasteiger partial charge on any atom is 0.325 e. The van der Waals surface area contributed by atoms with Gasteiger partial charge in [0.25, 0.3) is 5.91 Å². The topological polar surface area (TPSA) is 78.9 Å². The van der Waals surface area contributed by atoms with Crippen LogP contribution in [0.2, 0.25) is 10.0 Å². The number of ether oxygens (including phenoxy) is 1. The normalized spacial score (nSPS) is 21.8. The molecule has 1 aliphatic heterocycles. The van der Waals surface area contributed by atoms with Crippen molar-refractivity contribution in [2.75, 3.05) is 13.2 Å². The number of hydrogen-bond acceptors (Lipinski definition) is 4. The van der Waals surface area contributed by atoms with E-state index in [1.807, 2.05) is 24.3 Å². The Morgan fingerprint density at radius 1 is 1.21 bits per heavy atom. The summed E-state index contributed by atoms with van der Waals surface area (Å²) in [6.07, 6.45) is 1.15. The van der Waals surface area contributed by atoms with Crippen molar-refractivity contribution in [1.29, 1.82) is 0 Å². The van der Waals surface area contributed by atoms with Crippen molar-refractivity contribution in [3.05, 3.63) is 63.6 Å². The molecule has 2 aromatic carbocycles. The summed E-state index contributed by atoms with van der Waals surface area (Å²) in [5.41, 5.74) is 0.854. The first kappa shape index (κ1) is 20.0. The maximum atomic E-state index is 13.2. The highest BCUT2D eigenvalue weighted by Gasteiger charge is 2.54. The fourth-order valence-corrected chi connectivity index (χ4v) is 4.48. The highest BCUT2D eigenvalue weighted by atomic mass is 35.5. The zero-order valence-electron chi connectivity index (χ0n) is 15.5. The van der Waals surface area contributed by atoms with E-state index in [9.17, 15) is 14.7 Å². The van der Waals surface area contributed by atoms with Crippen LogP contribution in [0.25, 0.3) is 0 Å². The molecular weight excluding hydrogens is 415 g/mol. The highest BCUT2D eigenvalue weighted by molar-refractivity contribution is 6.35. The number of aryl methyl sites for hydroxylation is 1. The van der Waals surface area contributed by atoms with Gasteiger partial charge < -0.3 is 15.2 Å². The van der Waals surface area contributed by atoms with E-state index in [2.05, 4.69) is 5.32 Å². The Labute approximate surface area is 178 Å². The number of rotatable bonds is 5. The summed E-state index contributed by atoms with van der Waals surface area (Å²) >= 11 is 11.9. The molecule has 4 rings (SSSR count). The first-order chi connectivity index (χ1) is 13.9. The molecule has 1 spiro atoms. The van der Waals surface area contributed by atoms with Crippen LogP contribution in [0.3, 0.4) is 0 Å². The summed E-state index contributed by atoms with van der Waals surface area (Å²) in [7, 11) is 0. The minimum Gasteiger partial charge on any atom is -0.489 e. The Balaban J connectivity index is 1.46. The number of hydrogen-bond donors (Lipinski definition) is 2. The number of nitrogens with one attached hydrogen (secondary N) is 1. The van der Waals surface area contributed by atoms with Crippen molar-refractivity contribution in [2.24, 2.45) is 0 Å². The van der Waals surface area contributed by atoms with Crippen molar-refractivity contribution in [2.45, 2.75) is 30.9 Å². The molecule has 2 N–H and O–H groups in total. The predicted molar refractivity (Wildman–Crippen MR) is 109 cm³/mol. The zero-order valence-corrected chi connectivity index (χ0v) is 17.0. The van der Waals surface area contributed by atoms with Gasteiger partial charge in [-0.25, -0.2) is 4.79 Å². The number of amides is 3. The van der Waals surface area contributed by atoms with Gasteiger partial charge in [-0.2, -0.15) is 0 Å². The standard InChI is InChI=1S/C21H20Cl2N2O4/c22-14-7-8-18(17(23)10-14)29-12-15(26)11-25-19(27)21(24-20(25)28)9-3-5-13-4-1-2-6-16(13)21/h1-2,4,6-8,10,15,26H,3,5,9,11-12H2,(H,24,28)/t15-,21-/m1/s1. The van der Waals surface area contributed by atoms with Crippen molar-refractivity contribution in [3.8, 4) is 5.75 Å². The molecule has 2 aliphatic rings. The molecule has 2 atom stereocenters. The van der Waals surface area contributed by atoms with E-state index in [-0.39, 0.29) is 19.1 Å². The Morgan fingerprint density at radius 2 is 2.00 bits per heavy atom. The zero-order chi connectivity index (χ0) is 20.6. The van der Waals surface area contributed by atoms with Crippen LogP contribution in [0.1, 0.15) is 24.0 Å². The van der Waals surface area contributed by atoms with Gasteiger partial charge in [0, 0.05) is 5.02 Å². The fourth-order valence-electron chi connectivity index (χ4n) is 4.02. The molecule has 0 bridgehead atoms. The molecule has 0 saturated carbocycles. The number of benzene rings is 2. The van der Waals surface area contributed by atoms with Crippen LogP contribution in [0.15, 0.2) is 42.5 Å². The summed E-state index contributed by atoms with van der Waals surface area (Å²) in [5.74, 6) is 0.0308. The van der Waals surface area contributed by atoms with Gasteiger partial charge in [-0.1, -0.05) is 47.5 Å². The molecule has 6 nitrogen and oxygen atoms in total. The van der Waals surface area contributed by atoms with E-state index in [1.165, 1.54) is 6.07 Å². The molecule has 8 heteroatoms. The number of aliphatic hydroxyl groups is 1. The molecule has 29 heavy (non-hydrogen) atoms. The average Bonchev–Trinajstić information content (AvgIpc) is 2.92. The third-order valence-electron chi connectivity index (χ3n) is 5.37. The van der Waals surface area contributed by atoms with Crippen LogP contribution < -0.4 is 10.1 Å². The SMILES string of the molecule is O=C1N[C@@]2(CCCc3ccccc32)C(=O)N1C[C@@H](O)COc1ccc(Cl)cc1Cl. The number of β-amino-alcohol motifs (C(OH)–C–C–N with tert-alkyl or cyclic N) is 1. The van der Waals surface area contributed by atoms with Crippen LogP contribution in [0, 0.1) is 0 Å². The summed E-state index contributed by atoms with van der Waals surface area (Å²) < 4.78 is 5.52. The van der Waals surface area contributed by atoms with Gasteiger partial charge in [-0.3, -0.25) is 9.69 Å². The molecule has 1 fully saturated rings. The number of imide groups is 1. The highest BCUT2D eigenvalue weighted by Crippen LogP contribution is 2.40. The summed E-state index contributed by atoms with van der Waals surface area (Å²) in [6.45, 7) is -0.290. The molecule has 1 aliphatic carbocycles. The lowest BCUT2D eigenvalue weighted by Crippen LogP contribution is -2.47. The van der Waals surface area contributed by atoms with Gasteiger partial charge in [-0.15, -0.1) is 0 Å². The summed E-state index contributed by atoms with van der Waals surface area (Å²) in [4.78, 5) is 26.9. The van der Waals surface area contributed by atoms with Gasteiger partial charge in [-0.05, 0) is 48.6 Å². The quantitative estimate of drug-likeness (QED) is 0.705. The van der Waals surface area contributed by atoms with Gasteiger partial charge in [0.1, 0.15) is 24.0 Å². The van der Waals surface area contributed by atoms with Gasteiger partial charge in [0.05, 0.1) is 11.6 Å². The molecule has 1 saturated heterocycles. The molecule has 152 valence electrons.